The largest absolute Gasteiger partial charge is 0.409 e. The Hall–Kier alpha value is -2.11. The highest BCUT2D eigenvalue weighted by atomic mass is 16.4. The molecule has 0 bridgehead atoms. The van der Waals surface area contributed by atoms with Gasteiger partial charge < -0.3 is 16.3 Å². The molecule has 4 N–H and O–H groups in total. The minimum atomic E-state index is -0.598. The SMILES string of the molecule is CCCC(C(=O)NCc1ncccc1C)C(N)=NO. The topological polar surface area (TPSA) is 101 Å². The molecular formula is C13H20N4O2. The standard InChI is InChI=1S/C13H20N4O2/c1-3-5-10(12(14)17-19)13(18)16-8-11-9(2)6-4-7-15-11/h4,6-7,10,19H,3,5,8H2,1-2H3,(H2,14,17)(H,16,18). The van der Waals surface area contributed by atoms with E-state index in [1.807, 2.05) is 26.0 Å². The van der Waals surface area contributed by atoms with Gasteiger partial charge >= 0.3 is 0 Å². The first kappa shape index (κ1) is 14.9. The Labute approximate surface area is 112 Å². The number of aromatic nitrogens is 1. The van der Waals surface area contributed by atoms with Gasteiger partial charge in [-0.3, -0.25) is 9.78 Å². The number of amidine groups is 1. The average Bonchev–Trinajstić information content (AvgIpc) is 2.42. The van der Waals surface area contributed by atoms with E-state index in [9.17, 15) is 4.79 Å². The number of rotatable bonds is 6. The van der Waals surface area contributed by atoms with E-state index in [2.05, 4.69) is 15.5 Å². The Morgan fingerprint density at radius 3 is 2.95 bits per heavy atom. The first-order chi connectivity index (χ1) is 9.10. The molecule has 1 atom stereocenters. The molecule has 0 aliphatic heterocycles. The Morgan fingerprint density at radius 1 is 1.63 bits per heavy atom. The predicted octanol–water partition coefficient (Wildman–Crippen LogP) is 1.17. The molecular weight excluding hydrogens is 244 g/mol. The van der Waals surface area contributed by atoms with Crippen molar-refractivity contribution < 1.29 is 10.0 Å². The lowest BCUT2D eigenvalue weighted by Gasteiger charge is -2.14. The number of oxime groups is 1. The number of nitrogens with two attached hydrogens (primary N) is 1. The second-order valence-corrected chi connectivity index (χ2v) is 4.35. The maximum absolute atomic E-state index is 12.0. The van der Waals surface area contributed by atoms with E-state index >= 15 is 0 Å². The van der Waals surface area contributed by atoms with E-state index in [1.165, 1.54) is 0 Å². The number of nitrogens with one attached hydrogen (secondary N) is 1. The fraction of sp³-hybridized carbons (Fsp3) is 0.462. The van der Waals surface area contributed by atoms with Crippen LogP contribution in [-0.4, -0.2) is 21.9 Å². The third kappa shape index (κ3) is 4.24. The zero-order valence-corrected chi connectivity index (χ0v) is 11.3. The second kappa shape index (κ2) is 7.35. The van der Waals surface area contributed by atoms with Gasteiger partial charge in [-0.2, -0.15) is 0 Å². The van der Waals surface area contributed by atoms with Crippen LogP contribution in [-0.2, 0) is 11.3 Å². The molecule has 1 unspecified atom stereocenters. The molecule has 6 heteroatoms. The summed E-state index contributed by atoms with van der Waals surface area (Å²) in [5, 5.41) is 14.4. The minimum Gasteiger partial charge on any atom is -0.409 e. The van der Waals surface area contributed by atoms with Crippen LogP contribution in [0, 0.1) is 12.8 Å². The van der Waals surface area contributed by atoms with Gasteiger partial charge in [0.2, 0.25) is 5.91 Å². The van der Waals surface area contributed by atoms with Crippen molar-refractivity contribution in [2.24, 2.45) is 16.8 Å². The summed E-state index contributed by atoms with van der Waals surface area (Å²) >= 11 is 0. The monoisotopic (exact) mass is 264 g/mol. The van der Waals surface area contributed by atoms with Gasteiger partial charge in [0.25, 0.3) is 0 Å². The van der Waals surface area contributed by atoms with Crippen LogP contribution in [0.2, 0.25) is 0 Å². The summed E-state index contributed by atoms with van der Waals surface area (Å²) in [5.41, 5.74) is 7.35. The van der Waals surface area contributed by atoms with E-state index in [0.717, 1.165) is 17.7 Å². The molecule has 19 heavy (non-hydrogen) atoms. The molecule has 1 aromatic rings. The third-order valence-electron chi connectivity index (χ3n) is 2.91. The van der Waals surface area contributed by atoms with Gasteiger partial charge in [-0.15, -0.1) is 0 Å². The number of aryl methyl sites for hydroxylation is 1. The highest BCUT2D eigenvalue weighted by Crippen LogP contribution is 2.08. The fourth-order valence-corrected chi connectivity index (χ4v) is 1.77. The fourth-order valence-electron chi connectivity index (χ4n) is 1.77. The third-order valence-corrected chi connectivity index (χ3v) is 2.91. The zero-order valence-electron chi connectivity index (χ0n) is 11.3. The molecule has 1 rings (SSSR count). The van der Waals surface area contributed by atoms with Crippen LogP contribution in [0.4, 0.5) is 0 Å². The molecule has 0 aliphatic carbocycles. The Morgan fingerprint density at radius 2 is 2.37 bits per heavy atom. The van der Waals surface area contributed by atoms with Crippen LogP contribution in [0.15, 0.2) is 23.5 Å². The van der Waals surface area contributed by atoms with Gasteiger partial charge in [0, 0.05) is 6.20 Å². The van der Waals surface area contributed by atoms with Gasteiger partial charge in [-0.1, -0.05) is 24.6 Å². The van der Waals surface area contributed by atoms with E-state index in [0.29, 0.717) is 13.0 Å². The first-order valence-electron chi connectivity index (χ1n) is 6.25. The molecule has 0 aliphatic rings. The van der Waals surface area contributed by atoms with Crippen LogP contribution in [0.5, 0.6) is 0 Å². The first-order valence-corrected chi connectivity index (χ1v) is 6.25. The summed E-state index contributed by atoms with van der Waals surface area (Å²) in [5.74, 6) is -0.904. The van der Waals surface area contributed by atoms with Crippen molar-refractivity contribution in [1.29, 1.82) is 0 Å². The van der Waals surface area contributed by atoms with Crippen molar-refractivity contribution in [3.8, 4) is 0 Å². The summed E-state index contributed by atoms with van der Waals surface area (Å²) in [4.78, 5) is 16.2. The Kier molecular flexibility index (Phi) is 5.78. The number of carbonyl (C=O) groups excluding carboxylic acids is 1. The zero-order chi connectivity index (χ0) is 14.3. The summed E-state index contributed by atoms with van der Waals surface area (Å²) in [6.07, 6.45) is 3.00. The predicted molar refractivity (Wildman–Crippen MR) is 72.6 cm³/mol. The summed E-state index contributed by atoms with van der Waals surface area (Å²) in [6.45, 7) is 4.21. The minimum absolute atomic E-state index is 0.0582. The maximum Gasteiger partial charge on any atom is 0.231 e. The van der Waals surface area contributed by atoms with Crippen LogP contribution in [0.3, 0.4) is 0 Å². The Balaban J connectivity index is 2.65. The second-order valence-electron chi connectivity index (χ2n) is 4.35. The van der Waals surface area contributed by atoms with Gasteiger partial charge in [0.1, 0.15) is 0 Å². The van der Waals surface area contributed by atoms with E-state index < -0.39 is 5.92 Å². The summed E-state index contributed by atoms with van der Waals surface area (Å²) < 4.78 is 0. The smallest absolute Gasteiger partial charge is 0.231 e. The number of amides is 1. The average molecular weight is 264 g/mol. The van der Waals surface area contributed by atoms with E-state index in [1.54, 1.807) is 6.20 Å². The molecule has 6 nitrogen and oxygen atoms in total. The van der Waals surface area contributed by atoms with E-state index in [4.69, 9.17) is 10.9 Å². The van der Waals surface area contributed by atoms with Gasteiger partial charge in [-0.25, -0.2) is 0 Å². The number of carbonyl (C=O) groups is 1. The van der Waals surface area contributed by atoms with Gasteiger partial charge in [0.15, 0.2) is 5.84 Å². The Bertz CT molecular complexity index is 460. The normalized spacial score (nSPS) is 13.1. The molecule has 0 spiro atoms. The molecule has 104 valence electrons. The molecule has 0 saturated carbocycles. The number of pyridine rings is 1. The highest BCUT2D eigenvalue weighted by Gasteiger charge is 2.22. The quantitative estimate of drug-likeness (QED) is 0.311. The van der Waals surface area contributed by atoms with Crippen molar-refractivity contribution in [3.05, 3.63) is 29.6 Å². The van der Waals surface area contributed by atoms with Crippen LogP contribution in [0.25, 0.3) is 0 Å². The maximum atomic E-state index is 12.0. The lowest BCUT2D eigenvalue weighted by atomic mass is 10.0. The van der Waals surface area contributed by atoms with Crippen molar-refractivity contribution in [2.75, 3.05) is 0 Å². The van der Waals surface area contributed by atoms with Crippen LogP contribution >= 0.6 is 0 Å². The number of hydrogen-bond acceptors (Lipinski definition) is 4. The molecule has 1 amide bonds. The van der Waals surface area contributed by atoms with Crippen LogP contribution in [0.1, 0.15) is 31.0 Å². The number of hydrogen-bond donors (Lipinski definition) is 3. The molecule has 1 aromatic heterocycles. The highest BCUT2D eigenvalue weighted by molar-refractivity contribution is 6.01. The molecule has 1 heterocycles. The van der Waals surface area contributed by atoms with Crippen molar-refractivity contribution in [3.63, 3.8) is 0 Å². The summed E-state index contributed by atoms with van der Waals surface area (Å²) in [6, 6.07) is 3.78. The molecule has 0 fully saturated rings. The summed E-state index contributed by atoms with van der Waals surface area (Å²) in [7, 11) is 0. The molecule has 0 radical (unpaired) electrons. The lowest BCUT2D eigenvalue weighted by Crippen LogP contribution is -2.38. The molecule has 0 saturated heterocycles. The van der Waals surface area contributed by atoms with Crippen molar-refractivity contribution >= 4 is 11.7 Å². The van der Waals surface area contributed by atoms with Gasteiger partial charge in [0.05, 0.1) is 18.2 Å². The van der Waals surface area contributed by atoms with E-state index in [-0.39, 0.29) is 11.7 Å². The van der Waals surface area contributed by atoms with Gasteiger partial charge in [-0.05, 0) is 25.0 Å². The lowest BCUT2D eigenvalue weighted by molar-refractivity contribution is -0.123. The van der Waals surface area contributed by atoms with Crippen LogP contribution < -0.4 is 11.1 Å². The van der Waals surface area contributed by atoms with Crippen molar-refractivity contribution in [1.82, 2.24) is 10.3 Å². The van der Waals surface area contributed by atoms with Crippen molar-refractivity contribution in [2.45, 2.75) is 33.2 Å². The number of nitrogens with zero attached hydrogens (tertiary/aromatic N) is 2. The molecule has 0 aromatic carbocycles.